The molecule has 0 radical (unpaired) electrons. The van der Waals surface area contributed by atoms with Crippen molar-refractivity contribution in [2.24, 2.45) is 0 Å². The van der Waals surface area contributed by atoms with Crippen LogP contribution in [-0.2, 0) is 6.42 Å². The van der Waals surface area contributed by atoms with Crippen molar-refractivity contribution >= 4 is 11.7 Å². The summed E-state index contributed by atoms with van der Waals surface area (Å²) in [6.45, 7) is -2.54. The van der Waals surface area contributed by atoms with Gasteiger partial charge >= 0.3 is 12.6 Å². The molecule has 0 fully saturated rings. The van der Waals surface area contributed by atoms with Crippen LogP contribution in [0.5, 0.6) is 5.75 Å². The summed E-state index contributed by atoms with van der Waals surface area (Å²) < 4.78 is 41.6. The molecular formula is C16H15F3N2O2. The molecule has 7 heteroatoms. The van der Waals surface area contributed by atoms with Crippen molar-refractivity contribution in [1.29, 1.82) is 0 Å². The quantitative estimate of drug-likeness (QED) is 0.849. The van der Waals surface area contributed by atoms with E-state index in [0.717, 1.165) is 5.56 Å². The highest BCUT2D eigenvalue weighted by molar-refractivity contribution is 5.89. The lowest BCUT2D eigenvalue weighted by atomic mass is 10.1. The van der Waals surface area contributed by atoms with E-state index in [2.05, 4.69) is 15.4 Å². The Kier molecular flexibility index (Phi) is 5.85. The first-order valence-corrected chi connectivity index (χ1v) is 6.88. The van der Waals surface area contributed by atoms with Gasteiger partial charge in [0.05, 0.1) is 5.69 Å². The van der Waals surface area contributed by atoms with Crippen LogP contribution in [0.15, 0.2) is 48.5 Å². The SMILES string of the molecule is O=C(NCCc1ccc(OC(F)F)cc1)Nc1ccccc1F. The molecule has 2 aromatic carbocycles. The fraction of sp³-hybridized carbons (Fsp3) is 0.188. The molecular weight excluding hydrogens is 309 g/mol. The Balaban J connectivity index is 1.76. The van der Waals surface area contributed by atoms with E-state index in [1.807, 2.05) is 0 Å². The van der Waals surface area contributed by atoms with E-state index in [1.165, 1.54) is 30.3 Å². The number of halogens is 3. The molecule has 0 saturated carbocycles. The van der Waals surface area contributed by atoms with Crippen LogP contribution in [0.1, 0.15) is 5.56 Å². The smallest absolute Gasteiger partial charge is 0.387 e. The second kappa shape index (κ2) is 8.07. The fourth-order valence-electron chi connectivity index (χ4n) is 1.89. The molecule has 2 N–H and O–H groups in total. The largest absolute Gasteiger partial charge is 0.435 e. The van der Waals surface area contributed by atoms with Crippen LogP contribution in [0.3, 0.4) is 0 Å². The number of amides is 2. The summed E-state index contributed by atoms with van der Waals surface area (Å²) in [5.41, 5.74) is 0.941. The highest BCUT2D eigenvalue weighted by Crippen LogP contribution is 2.15. The molecule has 2 aromatic rings. The summed E-state index contributed by atoms with van der Waals surface area (Å²) >= 11 is 0. The number of para-hydroxylation sites is 1. The molecule has 122 valence electrons. The second-order valence-corrected chi connectivity index (χ2v) is 4.63. The molecule has 2 rings (SSSR count). The molecule has 0 heterocycles. The van der Waals surface area contributed by atoms with Gasteiger partial charge in [0.15, 0.2) is 0 Å². The first-order valence-electron chi connectivity index (χ1n) is 6.88. The van der Waals surface area contributed by atoms with Crippen molar-refractivity contribution in [2.45, 2.75) is 13.0 Å². The topological polar surface area (TPSA) is 50.4 Å². The lowest BCUT2D eigenvalue weighted by Gasteiger charge is -2.09. The van der Waals surface area contributed by atoms with Crippen LogP contribution in [0.4, 0.5) is 23.7 Å². The van der Waals surface area contributed by atoms with Crippen LogP contribution in [0.2, 0.25) is 0 Å². The van der Waals surface area contributed by atoms with Crippen LogP contribution in [-0.4, -0.2) is 19.2 Å². The zero-order chi connectivity index (χ0) is 16.7. The van der Waals surface area contributed by atoms with Crippen molar-refractivity contribution in [3.63, 3.8) is 0 Å². The van der Waals surface area contributed by atoms with Crippen LogP contribution < -0.4 is 15.4 Å². The minimum absolute atomic E-state index is 0.0778. The Morgan fingerprint density at radius 1 is 1.09 bits per heavy atom. The number of anilines is 1. The maximum Gasteiger partial charge on any atom is 0.387 e. The monoisotopic (exact) mass is 324 g/mol. The van der Waals surface area contributed by atoms with Gasteiger partial charge in [-0.05, 0) is 36.2 Å². The summed E-state index contributed by atoms with van der Waals surface area (Å²) in [6, 6.07) is 11.5. The maximum absolute atomic E-state index is 13.4. The highest BCUT2D eigenvalue weighted by Gasteiger charge is 2.06. The number of urea groups is 1. The first-order chi connectivity index (χ1) is 11.0. The summed E-state index contributed by atoms with van der Waals surface area (Å²) in [7, 11) is 0. The zero-order valence-corrected chi connectivity index (χ0v) is 12.1. The normalized spacial score (nSPS) is 10.4. The van der Waals surface area contributed by atoms with Gasteiger partial charge in [0.25, 0.3) is 0 Å². The van der Waals surface area contributed by atoms with Crippen molar-refractivity contribution in [3.05, 3.63) is 59.9 Å². The molecule has 0 aliphatic carbocycles. The van der Waals surface area contributed by atoms with Gasteiger partial charge < -0.3 is 15.4 Å². The Bertz CT molecular complexity index is 648. The average Bonchev–Trinajstić information content (AvgIpc) is 2.51. The third-order valence-corrected chi connectivity index (χ3v) is 2.97. The molecule has 0 unspecified atom stereocenters. The van der Waals surface area contributed by atoms with Crippen LogP contribution in [0.25, 0.3) is 0 Å². The zero-order valence-electron chi connectivity index (χ0n) is 12.1. The van der Waals surface area contributed by atoms with E-state index in [-0.39, 0.29) is 11.4 Å². The predicted molar refractivity (Wildman–Crippen MR) is 80.2 cm³/mol. The van der Waals surface area contributed by atoms with Crippen molar-refractivity contribution in [1.82, 2.24) is 5.32 Å². The number of ether oxygens (including phenoxy) is 1. The van der Waals surface area contributed by atoms with Crippen LogP contribution in [0, 0.1) is 5.82 Å². The number of hydrogen-bond donors (Lipinski definition) is 2. The van der Waals surface area contributed by atoms with Gasteiger partial charge in [0.1, 0.15) is 11.6 Å². The molecule has 0 aliphatic rings. The van der Waals surface area contributed by atoms with E-state index < -0.39 is 18.5 Å². The Morgan fingerprint density at radius 2 is 1.78 bits per heavy atom. The number of benzene rings is 2. The van der Waals surface area contributed by atoms with E-state index in [4.69, 9.17) is 0 Å². The van der Waals surface area contributed by atoms with Gasteiger partial charge in [-0.2, -0.15) is 8.78 Å². The van der Waals surface area contributed by atoms with Gasteiger partial charge in [0.2, 0.25) is 0 Å². The average molecular weight is 324 g/mol. The molecule has 0 aliphatic heterocycles. The van der Waals surface area contributed by atoms with Gasteiger partial charge in [-0.15, -0.1) is 0 Å². The van der Waals surface area contributed by atoms with Crippen LogP contribution >= 0.6 is 0 Å². The third-order valence-electron chi connectivity index (χ3n) is 2.97. The van der Waals surface area contributed by atoms with Gasteiger partial charge in [-0.3, -0.25) is 0 Å². The molecule has 0 saturated heterocycles. The van der Waals surface area contributed by atoms with Gasteiger partial charge in [-0.1, -0.05) is 24.3 Å². The summed E-state index contributed by atoms with van der Waals surface area (Å²) in [6.07, 6.45) is 0.500. The molecule has 0 aromatic heterocycles. The minimum Gasteiger partial charge on any atom is -0.435 e. The summed E-state index contributed by atoms with van der Waals surface area (Å²) in [5.74, 6) is -0.439. The second-order valence-electron chi connectivity index (χ2n) is 4.63. The number of carbonyl (C=O) groups is 1. The lowest BCUT2D eigenvalue weighted by molar-refractivity contribution is -0.0498. The number of hydrogen-bond acceptors (Lipinski definition) is 2. The van der Waals surface area contributed by atoms with E-state index in [0.29, 0.717) is 13.0 Å². The van der Waals surface area contributed by atoms with Crippen molar-refractivity contribution in [3.8, 4) is 5.75 Å². The third kappa shape index (κ3) is 5.54. The molecule has 0 bridgehead atoms. The summed E-state index contributed by atoms with van der Waals surface area (Å²) in [5, 5.41) is 4.98. The summed E-state index contributed by atoms with van der Waals surface area (Å²) in [4.78, 5) is 11.6. The Morgan fingerprint density at radius 3 is 2.43 bits per heavy atom. The maximum atomic E-state index is 13.4. The van der Waals surface area contributed by atoms with E-state index in [1.54, 1.807) is 18.2 Å². The van der Waals surface area contributed by atoms with E-state index in [9.17, 15) is 18.0 Å². The Labute approximate surface area is 131 Å². The van der Waals surface area contributed by atoms with Crippen molar-refractivity contribution < 1.29 is 22.7 Å². The molecule has 0 atom stereocenters. The van der Waals surface area contributed by atoms with Gasteiger partial charge in [-0.25, -0.2) is 9.18 Å². The standard InChI is InChI=1S/C16H15F3N2O2/c17-13-3-1-2-4-14(13)21-16(22)20-10-9-11-5-7-12(8-6-11)23-15(18)19/h1-8,15H,9-10H2,(H2,20,21,22). The fourth-order valence-corrected chi connectivity index (χ4v) is 1.89. The number of carbonyl (C=O) groups excluding carboxylic acids is 1. The molecule has 0 spiro atoms. The number of nitrogens with one attached hydrogen (secondary N) is 2. The Hall–Kier alpha value is -2.70. The minimum atomic E-state index is -2.86. The van der Waals surface area contributed by atoms with Crippen molar-refractivity contribution in [2.75, 3.05) is 11.9 Å². The predicted octanol–water partition coefficient (Wildman–Crippen LogP) is 3.79. The number of alkyl halides is 2. The number of rotatable bonds is 6. The lowest BCUT2D eigenvalue weighted by Crippen LogP contribution is -2.30. The molecule has 2 amide bonds. The molecule has 23 heavy (non-hydrogen) atoms. The first kappa shape index (κ1) is 16.7. The van der Waals surface area contributed by atoms with Gasteiger partial charge in [0, 0.05) is 6.54 Å². The highest BCUT2D eigenvalue weighted by atomic mass is 19.3. The van der Waals surface area contributed by atoms with E-state index >= 15 is 0 Å². The molecule has 4 nitrogen and oxygen atoms in total.